The van der Waals surface area contributed by atoms with Crippen molar-refractivity contribution in [3.05, 3.63) is 35.4 Å². The van der Waals surface area contributed by atoms with Gasteiger partial charge in [0.15, 0.2) is 0 Å². The number of benzene rings is 1. The average Bonchev–Trinajstić information content (AvgIpc) is 2.36. The van der Waals surface area contributed by atoms with Crippen LogP contribution in [0.25, 0.3) is 0 Å². The Kier molecular flexibility index (Phi) is 5.92. The SMILES string of the molecule is CN(C)CCNC(=O)c1ccc(C#CCN)cc1. The Hall–Kier alpha value is -1.83. The van der Waals surface area contributed by atoms with Crippen molar-refractivity contribution in [2.45, 2.75) is 0 Å². The molecule has 0 saturated heterocycles. The Balaban J connectivity index is 2.54. The summed E-state index contributed by atoms with van der Waals surface area (Å²) in [4.78, 5) is 13.8. The summed E-state index contributed by atoms with van der Waals surface area (Å²) in [7, 11) is 3.94. The molecule has 0 aliphatic carbocycles. The summed E-state index contributed by atoms with van der Waals surface area (Å²) >= 11 is 0. The number of nitrogens with one attached hydrogen (secondary N) is 1. The fourth-order valence-electron chi connectivity index (χ4n) is 1.35. The van der Waals surface area contributed by atoms with Gasteiger partial charge in [-0.25, -0.2) is 0 Å². The minimum atomic E-state index is -0.0600. The molecule has 96 valence electrons. The monoisotopic (exact) mass is 245 g/mol. The summed E-state index contributed by atoms with van der Waals surface area (Å²) in [6.07, 6.45) is 0. The Labute approximate surface area is 108 Å². The van der Waals surface area contributed by atoms with Crippen LogP contribution < -0.4 is 11.1 Å². The van der Waals surface area contributed by atoms with Crippen LogP contribution in [0, 0.1) is 11.8 Å². The van der Waals surface area contributed by atoms with Gasteiger partial charge in [-0.3, -0.25) is 4.79 Å². The normalized spacial score (nSPS) is 9.78. The van der Waals surface area contributed by atoms with Crippen molar-refractivity contribution >= 4 is 5.91 Å². The van der Waals surface area contributed by atoms with Gasteiger partial charge in [0.25, 0.3) is 5.91 Å². The molecule has 0 spiro atoms. The van der Waals surface area contributed by atoms with E-state index in [0.717, 1.165) is 12.1 Å². The molecule has 0 fully saturated rings. The Morgan fingerprint density at radius 2 is 2.00 bits per heavy atom. The summed E-state index contributed by atoms with van der Waals surface area (Å²) in [5, 5.41) is 2.86. The molecule has 1 aromatic rings. The maximum Gasteiger partial charge on any atom is 0.251 e. The quantitative estimate of drug-likeness (QED) is 0.750. The van der Waals surface area contributed by atoms with Crippen molar-refractivity contribution in [2.75, 3.05) is 33.7 Å². The molecule has 0 aliphatic heterocycles. The zero-order valence-electron chi connectivity index (χ0n) is 10.9. The molecule has 0 unspecified atom stereocenters. The third-order valence-corrected chi connectivity index (χ3v) is 2.33. The van der Waals surface area contributed by atoms with Crippen LogP contribution in [0.5, 0.6) is 0 Å². The molecule has 1 rings (SSSR count). The van der Waals surface area contributed by atoms with Crippen LogP contribution in [-0.2, 0) is 0 Å². The van der Waals surface area contributed by atoms with E-state index < -0.39 is 0 Å². The summed E-state index contributed by atoms with van der Waals surface area (Å²) < 4.78 is 0. The second kappa shape index (κ2) is 7.49. The number of hydrogen-bond acceptors (Lipinski definition) is 3. The minimum Gasteiger partial charge on any atom is -0.351 e. The topological polar surface area (TPSA) is 58.4 Å². The lowest BCUT2D eigenvalue weighted by molar-refractivity contribution is 0.0951. The third-order valence-electron chi connectivity index (χ3n) is 2.33. The van der Waals surface area contributed by atoms with Gasteiger partial charge in [-0.05, 0) is 38.4 Å². The summed E-state index contributed by atoms with van der Waals surface area (Å²) in [5.41, 5.74) is 6.80. The van der Waals surface area contributed by atoms with Crippen molar-refractivity contribution in [1.82, 2.24) is 10.2 Å². The molecule has 0 heterocycles. The predicted octanol–water partition coefficient (Wildman–Crippen LogP) is 0.288. The van der Waals surface area contributed by atoms with E-state index in [1.165, 1.54) is 0 Å². The van der Waals surface area contributed by atoms with E-state index in [1.54, 1.807) is 12.1 Å². The number of likely N-dealkylation sites (N-methyl/N-ethyl adjacent to an activating group) is 1. The predicted molar refractivity (Wildman–Crippen MR) is 73.3 cm³/mol. The molecule has 1 amide bonds. The van der Waals surface area contributed by atoms with Gasteiger partial charge in [-0.2, -0.15) is 0 Å². The zero-order chi connectivity index (χ0) is 13.4. The van der Waals surface area contributed by atoms with Gasteiger partial charge < -0.3 is 16.0 Å². The molecule has 1 aromatic carbocycles. The van der Waals surface area contributed by atoms with Crippen LogP contribution in [0.2, 0.25) is 0 Å². The number of nitrogens with zero attached hydrogens (tertiary/aromatic N) is 1. The highest BCUT2D eigenvalue weighted by Gasteiger charge is 2.03. The van der Waals surface area contributed by atoms with Gasteiger partial charge in [0.1, 0.15) is 0 Å². The molecule has 0 aliphatic rings. The maximum absolute atomic E-state index is 11.8. The van der Waals surface area contributed by atoms with Crippen LogP contribution in [-0.4, -0.2) is 44.5 Å². The Bertz CT molecular complexity index is 440. The van der Waals surface area contributed by atoms with E-state index in [0.29, 0.717) is 18.7 Å². The van der Waals surface area contributed by atoms with Crippen molar-refractivity contribution in [3.8, 4) is 11.8 Å². The van der Waals surface area contributed by atoms with Gasteiger partial charge >= 0.3 is 0 Å². The Morgan fingerprint density at radius 3 is 2.56 bits per heavy atom. The molecule has 0 aromatic heterocycles. The van der Waals surface area contributed by atoms with Gasteiger partial charge in [0, 0.05) is 24.2 Å². The summed E-state index contributed by atoms with van der Waals surface area (Å²) in [5.74, 6) is 5.63. The van der Waals surface area contributed by atoms with Crippen LogP contribution >= 0.6 is 0 Å². The fraction of sp³-hybridized carbons (Fsp3) is 0.357. The lowest BCUT2D eigenvalue weighted by atomic mass is 10.1. The highest BCUT2D eigenvalue weighted by molar-refractivity contribution is 5.94. The average molecular weight is 245 g/mol. The first-order valence-corrected chi connectivity index (χ1v) is 5.85. The molecule has 0 atom stereocenters. The molecule has 4 heteroatoms. The van der Waals surface area contributed by atoms with E-state index in [9.17, 15) is 4.79 Å². The highest BCUT2D eigenvalue weighted by Crippen LogP contribution is 2.03. The van der Waals surface area contributed by atoms with Gasteiger partial charge in [0.2, 0.25) is 0 Å². The van der Waals surface area contributed by atoms with Gasteiger partial charge in [-0.1, -0.05) is 11.8 Å². The lowest BCUT2D eigenvalue weighted by Gasteiger charge is -2.10. The number of carbonyl (C=O) groups is 1. The standard InChI is InChI=1S/C14H19N3O/c1-17(2)11-10-16-14(18)13-7-5-12(6-8-13)4-3-9-15/h5-8H,9-11,15H2,1-2H3,(H,16,18). The molecular weight excluding hydrogens is 226 g/mol. The van der Waals surface area contributed by atoms with Crippen LogP contribution in [0.1, 0.15) is 15.9 Å². The first-order chi connectivity index (χ1) is 8.63. The van der Waals surface area contributed by atoms with Crippen molar-refractivity contribution in [3.63, 3.8) is 0 Å². The van der Waals surface area contributed by atoms with E-state index in [2.05, 4.69) is 17.2 Å². The summed E-state index contributed by atoms with van der Waals surface area (Å²) in [6.45, 7) is 1.80. The first kappa shape index (κ1) is 14.2. The molecule has 0 radical (unpaired) electrons. The maximum atomic E-state index is 11.8. The first-order valence-electron chi connectivity index (χ1n) is 5.85. The Morgan fingerprint density at radius 1 is 1.33 bits per heavy atom. The lowest BCUT2D eigenvalue weighted by Crippen LogP contribution is -2.31. The molecule has 18 heavy (non-hydrogen) atoms. The van der Waals surface area contributed by atoms with Crippen molar-refractivity contribution in [2.24, 2.45) is 5.73 Å². The van der Waals surface area contributed by atoms with Gasteiger partial charge in [0.05, 0.1) is 6.54 Å². The zero-order valence-corrected chi connectivity index (χ0v) is 10.9. The van der Waals surface area contributed by atoms with Gasteiger partial charge in [-0.15, -0.1) is 0 Å². The van der Waals surface area contributed by atoms with Crippen molar-refractivity contribution in [1.29, 1.82) is 0 Å². The van der Waals surface area contributed by atoms with Crippen LogP contribution in [0.3, 0.4) is 0 Å². The van der Waals surface area contributed by atoms with E-state index >= 15 is 0 Å². The molecule has 0 saturated carbocycles. The summed E-state index contributed by atoms with van der Waals surface area (Å²) in [6, 6.07) is 7.18. The van der Waals surface area contributed by atoms with E-state index in [-0.39, 0.29) is 5.91 Å². The number of carbonyl (C=O) groups excluding carboxylic acids is 1. The minimum absolute atomic E-state index is 0.0600. The highest BCUT2D eigenvalue weighted by atomic mass is 16.1. The molecule has 4 nitrogen and oxygen atoms in total. The fourth-order valence-corrected chi connectivity index (χ4v) is 1.35. The van der Waals surface area contributed by atoms with E-state index in [4.69, 9.17) is 5.73 Å². The van der Waals surface area contributed by atoms with Crippen molar-refractivity contribution < 1.29 is 4.79 Å². The number of nitrogens with two attached hydrogens (primary N) is 1. The second-order valence-electron chi connectivity index (χ2n) is 4.14. The van der Waals surface area contributed by atoms with Crippen LogP contribution in [0.15, 0.2) is 24.3 Å². The number of amides is 1. The molecular formula is C14H19N3O. The number of rotatable bonds is 4. The van der Waals surface area contributed by atoms with E-state index in [1.807, 2.05) is 31.1 Å². The number of hydrogen-bond donors (Lipinski definition) is 2. The molecule has 3 N–H and O–H groups in total. The van der Waals surface area contributed by atoms with Crippen LogP contribution in [0.4, 0.5) is 0 Å². The largest absolute Gasteiger partial charge is 0.351 e. The molecule has 0 bridgehead atoms. The second-order valence-corrected chi connectivity index (χ2v) is 4.14. The third kappa shape index (κ3) is 5.00. The smallest absolute Gasteiger partial charge is 0.251 e.